The van der Waals surface area contributed by atoms with Crippen LogP contribution >= 0.6 is 11.8 Å². The van der Waals surface area contributed by atoms with E-state index < -0.39 is 5.60 Å². The molecule has 0 N–H and O–H groups in total. The fourth-order valence-electron chi connectivity index (χ4n) is 3.11. The molecule has 0 bridgehead atoms. The van der Waals surface area contributed by atoms with E-state index in [-0.39, 0.29) is 28.4 Å². The van der Waals surface area contributed by atoms with E-state index in [9.17, 15) is 9.59 Å². The first-order valence-corrected chi connectivity index (χ1v) is 11.0. The molecule has 0 amide bonds. The van der Waals surface area contributed by atoms with Crippen molar-refractivity contribution in [2.45, 2.75) is 38.1 Å². The fourth-order valence-corrected chi connectivity index (χ4v) is 3.65. The van der Waals surface area contributed by atoms with Crippen molar-refractivity contribution in [2.75, 3.05) is 5.75 Å². The number of aromatic nitrogens is 4. The second-order valence-electron chi connectivity index (χ2n) is 8.09. The summed E-state index contributed by atoms with van der Waals surface area (Å²) in [6, 6.07) is 16.8. The van der Waals surface area contributed by atoms with Crippen molar-refractivity contribution < 1.29 is 13.9 Å². The van der Waals surface area contributed by atoms with Gasteiger partial charge in [-0.25, -0.2) is 4.68 Å². The molecule has 164 valence electrons. The average molecular weight is 451 g/mol. The van der Waals surface area contributed by atoms with Gasteiger partial charge in [-0.1, -0.05) is 60.3 Å². The van der Waals surface area contributed by atoms with Crippen molar-refractivity contribution in [3.05, 3.63) is 70.5 Å². The highest BCUT2D eigenvalue weighted by atomic mass is 32.2. The SMILES string of the molecule is CC(C)(C)OC(=O)CSc1nnc(-c2nn(Cc3ccccc3)c(=O)c3ccccc23)o1. The van der Waals surface area contributed by atoms with Gasteiger partial charge in [0.2, 0.25) is 0 Å². The van der Waals surface area contributed by atoms with Crippen LogP contribution in [0.1, 0.15) is 26.3 Å². The van der Waals surface area contributed by atoms with Gasteiger partial charge in [-0.2, -0.15) is 5.10 Å². The predicted molar refractivity (Wildman–Crippen MR) is 121 cm³/mol. The molecule has 2 aromatic heterocycles. The molecule has 4 aromatic rings. The van der Waals surface area contributed by atoms with Gasteiger partial charge < -0.3 is 9.15 Å². The lowest BCUT2D eigenvalue weighted by molar-refractivity contribution is -0.151. The zero-order chi connectivity index (χ0) is 22.7. The summed E-state index contributed by atoms with van der Waals surface area (Å²) in [5.74, 6) is -0.155. The standard InChI is InChI=1S/C23H22N4O4S/c1-23(2,3)31-18(28)14-32-22-25-24-20(30-22)19-16-11-7-8-12-17(16)21(29)27(26-19)13-15-9-5-4-6-10-15/h4-12H,13-14H2,1-3H3. The third-order valence-electron chi connectivity index (χ3n) is 4.39. The first kappa shape index (κ1) is 21.8. The Morgan fingerprint density at radius 2 is 1.72 bits per heavy atom. The van der Waals surface area contributed by atoms with Crippen LogP contribution in [0.5, 0.6) is 0 Å². The zero-order valence-electron chi connectivity index (χ0n) is 17.9. The number of hydrogen-bond donors (Lipinski definition) is 0. The maximum atomic E-state index is 13.0. The second-order valence-corrected chi connectivity index (χ2v) is 9.02. The van der Waals surface area contributed by atoms with Crippen molar-refractivity contribution >= 4 is 28.5 Å². The zero-order valence-corrected chi connectivity index (χ0v) is 18.8. The molecule has 0 aliphatic rings. The maximum absolute atomic E-state index is 13.0. The van der Waals surface area contributed by atoms with Crippen LogP contribution in [0.15, 0.2) is 69.0 Å². The number of esters is 1. The van der Waals surface area contributed by atoms with Crippen molar-refractivity contribution in [3.8, 4) is 11.6 Å². The van der Waals surface area contributed by atoms with E-state index in [4.69, 9.17) is 9.15 Å². The lowest BCUT2D eigenvalue weighted by atomic mass is 10.1. The van der Waals surface area contributed by atoms with Crippen molar-refractivity contribution in [1.29, 1.82) is 0 Å². The molecule has 0 atom stereocenters. The van der Waals surface area contributed by atoms with Crippen LogP contribution in [0.3, 0.4) is 0 Å². The Bertz CT molecular complexity index is 1310. The Balaban J connectivity index is 1.65. The van der Waals surface area contributed by atoms with E-state index in [0.717, 1.165) is 17.3 Å². The van der Waals surface area contributed by atoms with Crippen molar-refractivity contribution in [1.82, 2.24) is 20.0 Å². The average Bonchev–Trinajstić information content (AvgIpc) is 3.23. The molecule has 0 fully saturated rings. The first-order chi connectivity index (χ1) is 15.3. The second kappa shape index (κ2) is 8.96. The lowest BCUT2D eigenvalue weighted by Crippen LogP contribution is -2.24. The van der Waals surface area contributed by atoms with E-state index in [0.29, 0.717) is 23.0 Å². The first-order valence-electron chi connectivity index (χ1n) is 10.0. The fraction of sp³-hybridized carbons (Fsp3) is 0.261. The molecule has 2 heterocycles. The number of carbonyl (C=O) groups excluding carboxylic acids is 1. The molecule has 0 aliphatic carbocycles. The Morgan fingerprint density at radius 1 is 1.03 bits per heavy atom. The van der Waals surface area contributed by atoms with Crippen LogP contribution in [-0.4, -0.2) is 37.3 Å². The number of thioether (sulfide) groups is 1. The summed E-state index contributed by atoms with van der Waals surface area (Å²) < 4.78 is 12.4. The number of nitrogens with zero attached hydrogens (tertiary/aromatic N) is 4. The molecule has 0 radical (unpaired) electrons. The summed E-state index contributed by atoms with van der Waals surface area (Å²) in [7, 11) is 0. The summed E-state index contributed by atoms with van der Waals surface area (Å²) in [6.45, 7) is 5.73. The minimum Gasteiger partial charge on any atom is -0.459 e. The van der Waals surface area contributed by atoms with E-state index in [2.05, 4.69) is 15.3 Å². The Kier molecular flexibility index (Phi) is 6.09. The van der Waals surface area contributed by atoms with Crippen LogP contribution in [0, 0.1) is 0 Å². The van der Waals surface area contributed by atoms with E-state index in [1.165, 1.54) is 4.68 Å². The van der Waals surface area contributed by atoms with Crippen LogP contribution in [0.4, 0.5) is 0 Å². The van der Waals surface area contributed by atoms with E-state index in [1.54, 1.807) is 18.2 Å². The van der Waals surface area contributed by atoms with Gasteiger partial charge in [0.05, 0.1) is 11.9 Å². The Hall–Kier alpha value is -3.46. The molecule has 32 heavy (non-hydrogen) atoms. The summed E-state index contributed by atoms with van der Waals surface area (Å²) >= 11 is 1.09. The van der Waals surface area contributed by atoms with Gasteiger partial charge in [0.1, 0.15) is 11.4 Å². The highest BCUT2D eigenvalue weighted by Gasteiger charge is 2.20. The van der Waals surface area contributed by atoms with E-state index >= 15 is 0 Å². The molecule has 0 saturated heterocycles. The van der Waals surface area contributed by atoms with Crippen molar-refractivity contribution in [3.63, 3.8) is 0 Å². The summed E-state index contributed by atoms with van der Waals surface area (Å²) in [5.41, 5.74) is 0.592. The Labute approximate surface area is 188 Å². The van der Waals surface area contributed by atoms with Gasteiger partial charge in [-0.3, -0.25) is 9.59 Å². The molecule has 4 rings (SSSR count). The van der Waals surface area contributed by atoms with Gasteiger partial charge in [0.15, 0.2) is 5.69 Å². The maximum Gasteiger partial charge on any atom is 0.316 e. The highest BCUT2D eigenvalue weighted by molar-refractivity contribution is 7.99. The minimum atomic E-state index is -0.563. The number of ether oxygens (including phenoxy) is 1. The summed E-state index contributed by atoms with van der Waals surface area (Å²) in [6.07, 6.45) is 0. The molecule has 9 heteroatoms. The number of hydrogen-bond acceptors (Lipinski definition) is 8. The number of carbonyl (C=O) groups is 1. The molecule has 0 saturated carbocycles. The number of rotatable bonds is 6. The normalized spacial score (nSPS) is 11.6. The molecule has 0 spiro atoms. The monoisotopic (exact) mass is 450 g/mol. The molecular formula is C23H22N4O4S. The van der Waals surface area contributed by atoms with Crippen LogP contribution in [-0.2, 0) is 16.1 Å². The van der Waals surface area contributed by atoms with E-state index in [1.807, 2.05) is 57.2 Å². The minimum absolute atomic E-state index is 0.0422. The quantitative estimate of drug-likeness (QED) is 0.322. The molecule has 2 aromatic carbocycles. The van der Waals surface area contributed by atoms with Crippen LogP contribution < -0.4 is 5.56 Å². The largest absolute Gasteiger partial charge is 0.459 e. The van der Waals surface area contributed by atoms with Gasteiger partial charge in [0.25, 0.3) is 16.7 Å². The van der Waals surface area contributed by atoms with Crippen molar-refractivity contribution in [2.24, 2.45) is 0 Å². The Morgan fingerprint density at radius 3 is 2.44 bits per heavy atom. The highest BCUT2D eigenvalue weighted by Crippen LogP contribution is 2.27. The predicted octanol–water partition coefficient (Wildman–Crippen LogP) is 3.93. The summed E-state index contributed by atoms with van der Waals surface area (Å²) in [5, 5.41) is 14.0. The number of benzene rings is 2. The lowest BCUT2D eigenvalue weighted by Gasteiger charge is -2.18. The third kappa shape index (κ3) is 5.05. The van der Waals surface area contributed by atoms with Crippen LogP contribution in [0.2, 0.25) is 0 Å². The molecule has 8 nitrogen and oxygen atoms in total. The smallest absolute Gasteiger partial charge is 0.316 e. The molecule has 0 aliphatic heterocycles. The third-order valence-corrected chi connectivity index (χ3v) is 5.18. The summed E-state index contributed by atoms with van der Waals surface area (Å²) in [4.78, 5) is 24.9. The number of fused-ring (bicyclic) bond motifs is 1. The topological polar surface area (TPSA) is 100 Å². The van der Waals surface area contributed by atoms with Gasteiger partial charge in [-0.05, 0) is 32.4 Å². The van der Waals surface area contributed by atoms with Crippen LogP contribution in [0.25, 0.3) is 22.4 Å². The van der Waals surface area contributed by atoms with Gasteiger partial charge >= 0.3 is 5.97 Å². The van der Waals surface area contributed by atoms with Gasteiger partial charge in [-0.15, -0.1) is 10.2 Å². The van der Waals surface area contributed by atoms with Gasteiger partial charge in [0, 0.05) is 5.39 Å². The molecular weight excluding hydrogens is 428 g/mol. The molecule has 0 unspecified atom stereocenters.